The summed E-state index contributed by atoms with van der Waals surface area (Å²) >= 11 is 12.7. The summed E-state index contributed by atoms with van der Waals surface area (Å²) < 4.78 is 4.97. The fourth-order valence-corrected chi connectivity index (χ4v) is 6.58. The van der Waals surface area contributed by atoms with E-state index in [4.69, 9.17) is 32.9 Å². The molecule has 1 aliphatic carbocycles. The van der Waals surface area contributed by atoms with Gasteiger partial charge >= 0.3 is 12.1 Å². The van der Waals surface area contributed by atoms with Crippen LogP contribution in [0.4, 0.5) is 4.79 Å². The predicted molar refractivity (Wildman–Crippen MR) is 149 cm³/mol. The van der Waals surface area contributed by atoms with E-state index in [1.807, 2.05) is 30.3 Å². The van der Waals surface area contributed by atoms with E-state index in [1.165, 1.54) is 12.0 Å². The standard InChI is InChI=1S/C29H29Cl2N3O5/c1-39-28(36)23(33-27(35)25-15-18-5-2-3-8-24(18)34(25)29(37)38)14-16-9-11-21-17(13-16)10-12-22(32-21)26-19(30)6-4-7-20(26)31/h4,6-7,9-13,18,23-25H,2-3,5,8,14-15H2,1H3,(H,33,35)(H,37,38)/t18-,23?,24-,25-/m0/s1. The van der Waals surface area contributed by atoms with Gasteiger partial charge in [-0.25, -0.2) is 14.6 Å². The molecule has 0 radical (unpaired) electrons. The molecule has 8 nitrogen and oxygen atoms in total. The number of methoxy groups -OCH3 is 1. The molecule has 2 amide bonds. The number of carboxylic acid groups (broad SMARTS) is 1. The van der Waals surface area contributed by atoms with Gasteiger partial charge in [-0.2, -0.15) is 0 Å². The summed E-state index contributed by atoms with van der Waals surface area (Å²) in [6.45, 7) is 0. The third-order valence-corrected chi connectivity index (χ3v) is 8.46. The summed E-state index contributed by atoms with van der Waals surface area (Å²) in [6.07, 6.45) is 3.21. The first-order valence-corrected chi connectivity index (χ1v) is 13.8. The second-order valence-electron chi connectivity index (χ2n) is 10.2. The predicted octanol–water partition coefficient (Wildman–Crippen LogP) is 5.72. The van der Waals surface area contributed by atoms with Crippen LogP contribution in [0.15, 0.2) is 48.5 Å². The lowest BCUT2D eigenvalue weighted by Crippen LogP contribution is -2.53. The maximum atomic E-state index is 13.3. The lowest BCUT2D eigenvalue weighted by molar-refractivity contribution is -0.145. The van der Waals surface area contributed by atoms with Crippen LogP contribution < -0.4 is 5.32 Å². The highest BCUT2D eigenvalue weighted by Gasteiger charge is 2.48. The van der Waals surface area contributed by atoms with E-state index in [2.05, 4.69) is 5.32 Å². The van der Waals surface area contributed by atoms with Crippen LogP contribution >= 0.6 is 23.2 Å². The van der Waals surface area contributed by atoms with Crippen LogP contribution in [0.5, 0.6) is 0 Å². The highest BCUT2D eigenvalue weighted by atomic mass is 35.5. The lowest BCUT2D eigenvalue weighted by atomic mass is 9.85. The number of amides is 2. The summed E-state index contributed by atoms with van der Waals surface area (Å²) in [5, 5.41) is 14.5. The third kappa shape index (κ3) is 5.54. The van der Waals surface area contributed by atoms with Crippen molar-refractivity contribution in [2.75, 3.05) is 7.11 Å². The lowest BCUT2D eigenvalue weighted by Gasteiger charge is -2.31. The fourth-order valence-electron chi connectivity index (χ4n) is 5.99. The van der Waals surface area contributed by atoms with Crippen LogP contribution in [0.3, 0.4) is 0 Å². The van der Waals surface area contributed by atoms with Crippen molar-refractivity contribution in [1.82, 2.24) is 15.2 Å². The van der Waals surface area contributed by atoms with E-state index in [-0.39, 0.29) is 18.4 Å². The van der Waals surface area contributed by atoms with E-state index in [1.54, 1.807) is 18.2 Å². The van der Waals surface area contributed by atoms with Crippen molar-refractivity contribution in [2.24, 2.45) is 5.92 Å². The molecule has 0 bridgehead atoms. The Hall–Kier alpha value is -3.36. The zero-order chi connectivity index (χ0) is 27.7. The first-order valence-electron chi connectivity index (χ1n) is 13.0. The number of ether oxygens (including phenoxy) is 1. The van der Waals surface area contributed by atoms with Gasteiger partial charge in [-0.15, -0.1) is 0 Å². The number of hydrogen-bond donors (Lipinski definition) is 2. The van der Waals surface area contributed by atoms with Crippen LogP contribution in [0.1, 0.15) is 37.7 Å². The van der Waals surface area contributed by atoms with Gasteiger partial charge in [0.15, 0.2) is 0 Å². The Morgan fingerprint density at radius 1 is 1.10 bits per heavy atom. The molecule has 1 aliphatic heterocycles. The SMILES string of the molecule is COC(=O)C(Cc1ccc2nc(-c3c(Cl)cccc3Cl)ccc2c1)NC(=O)[C@@H]1C[C@@H]2CCCC[C@@H]2N1C(=O)O. The molecule has 39 heavy (non-hydrogen) atoms. The zero-order valence-electron chi connectivity index (χ0n) is 21.4. The van der Waals surface area contributed by atoms with Crippen molar-refractivity contribution in [3.05, 3.63) is 64.1 Å². The van der Waals surface area contributed by atoms with E-state index >= 15 is 0 Å². The molecule has 1 aromatic heterocycles. The van der Waals surface area contributed by atoms with Gasteiger partial charge in [0.05, 0.1) is 28.4 Å². The van der Waals surface area contributed by atoms with E-state index < -0.39 is 30.1 Å². The molecule has 2 heterocycles. The summed E-state index contributed by atoms with van der Waals surface area (Å²) in [6, 6.07) is 12.7. The number of benzene rings is 2. The molecular formula is C29H29Cl2N3O5. The molecule has 5 rings (SSSR count). The molecule has 2 N–H and O–H groups in total. The van der Waals surface area contributed by atoms with Crippen molar-refractivity contribution in [3.63, 3.8) is 0 Å². The second-order valence-corrected chi connectivity index (χ2v) is 11.0. The molecule has 2 aliphatic rings. The van der Waals surface area contributed by atoms with Crippen molar-refractivity contribution in [3.8, 4) is 11.3 Å². The van der Waals surface area contributed by atoms with Gasteiger partial charge in [-0.1, -0.05) is 54.2 Å². The van der Waals surface area contributed by atoms with Crippen LogP contribution in [-0.4, -0.2) is 58.2 Å². The Balaban J connectivity index is 1.35. The Morgan fingerprint density at radius 2 is 1.85 bits per heavy atom. The van der Waals surface area contributed by atoms with Gasteiger partial charge in [0.25, 0.3) is 0 Å². The molecule has 204 valence electrons. The van der Waals surface area contributed by atoms with Crippen molar-refractivity contribution in [1.29, 1.82) is 0 Å². The number of pyridine rings is 1. The first kappa shape index (κ1) is 27.2. The number of likely N-dealkylation sites (tertiary alicyclic amines) is 1. The number of nitrogens with zero attached hydrogens (tertiary/aromatic N) is 2. The Bertz CT molecular complexity index is 1410. The van der Waals surface area contributed by atoms with E-state index in [9.17, 15) is 19.5 Å². The van der Waals surface area contributed by atoms with Crippen LogP contribution in [-0.2, 0) is 20.7 Å². The van der Waals surface area contributed by atoms with Crippen molar-refractivity contribution in [2.45, 2.75) is 56.7 Å². The van der Waals surface area contributed by atoms with Gasteiger partial charge < -0.3 is 15.2 Å². The minimum atomic E-state index is -1.10. The summed E-state index contributed by atoms with van der Waals surface area (Å²) in [5.74, 6) is -0.894. The van der Waals surface area contributed by atoms with Crippen molar-refractivity contribution < 1.29 is 24.2 Å². The van der Waals surface area contributed by atoms with E-state index in [0.29, 0.717) is 27.7 Å². The maximum absolute atomic E-state index is 13.3. The molecule has 1 saturated heterocycles. The number of fused-ring (bicyclic) bond motifs is 2. The second kappa shape index (κ2) is 11.4. The topological polar surface area (TPSA) is 109 Å². The highest BCUT2D eigenvalue weighted by molar-refractivity contribution is 6.39. The highest BCUT2D eigenvalue weighted by Crippen LogP contribution is 2.40. The van der Waals surface area contributed by atoms with E-state index in [0.717, 1.165) is 42.1 Å². The first-order chi connectivity index (χ1) is 18.8. The molecule has 1 saturated carbocycles. The Kier molecular flexibility index (Phi) is 7.96. The van der Waals surface area contributed by atoms with Crippen molar-refractivity contribution >= 4 is 52.1 Å². The zero-order valence-corrected chi connectivity index (χ0v) is 22.9. The van der Waals surface area contributed by atoms with Crippen LogP contribution in [0.2, 0.25) is 10.0 Å². The third-order valence-electron chi connectivity index (χ3n) is 7.83. The Morgan fingerprint density at radius 3 is 2.56 bits per heavy atom. The van der Waals surface area contributed by atoms with Gasteiger partial charge in [0, 0.05) is 23.4 Å². The molecule has 2 aromatic carbocycles. The number of esters is 1. The van der Waals surface area contributed by atoms with Gasteiger partial charge in [-0.05, 0) is 61.1 Å². The summed E-state index contributed by atoms with van der Waals surface area (Å²) in [4.78, 5) is 44.0. The smallest absolute Gasteiger partial charge is 0.408 e. The van der Waals surface area contributed by atoms with Crippen LogP contribution in [0.25, 0.3) is 22.2 Å². The Labute approximate surface area is 236 Å². The normalized spacial score (nSPS) is 21.3. The fraction of sp³-hybridized carbons (Fsp3) is 0.379. The number of hydrogen-bond acceptors (Lipinski definition) is 5. The summed E-state index contributed by atoms with van der Waals surface area (Å²) in [5.41, 5.74) is 2.81. The summed E-state index contributed by atoms with van der Waals surface area (Å²) in [7, 11) is 1.26. The molecular weight excluding hydrogens is 541 g/mol. The largest absolute Gasteiger partial charge is 0.467 e. The molecule has 4 atom stereocenters. The number of halogens is 2. The molecule has 1 unspecified atom stereocenters. The van der Waals surface area contributed by atoms with Gasteiger partial charge in [0.1, 0.15) is 12.1 Å². The number of nitrogens with one attached hydrogen (secondary N) is 1. The van der Waals surface area contributed by atoms with Crippen LogP contribution in [0, 0.1) is 5.92 Å². The average Bonchev–Trinajstić information content (AvgIpc) is 3.32. The number of aromatic nitrogens is 1. The molecule has 3 aromatic rings. The van der Waals surface area contributed by atoms with Gasteiger partial charge in [-0.3, -0.25) is 9.69 Å². The molecule has 0 spiro atoms. The average molecular weight is 570 g/mol. The molecule has 10 heteroatoms. The quantitative estimate of drug-likeness (QED) is 0.367. The van der Waals surface area contributed by atoms with Gasteiger partial charge in [0.2, 0.25) is 5.91 Å². The number of carbonyl (C=O) groups excluding carboxylic acids is 2. The monoisotopic (exact) mass is 569 g/mol. The maximum Gasteiger partial charge on any atom is 0.408 e. The number of carbonyl (C=O) groups is 3. The molecule has 2 fully saturated rings. The minimum Gasteiger partial charge on any atom is -0.467 e. The minimum absolute atomic E-state index is 0.151. The number of rotatable bonds is 6.